The van der Waals surface area contributed by atoms with Crippen LogP contribution in [0.25, 0.3) is 0 Å². The molecule has 3 rings (SSSR count). The number of hydrogen-bond acceptors (Lipinski definition) is 4. The summed E-state index contributed by atoms with van der Waals surface area (Å²) in [4.78, 5) is 34.8. The molecule has 0 saturated carbocycles. The first kappa shape index (κ1) is 22.7. The molecular weight excluding hydrogens is 396 g/mol. The maximum atomic E-state index is 12.3. The third-order valence-corrected chi connectivity index (χ3v) is 5.42. The Balaban J connectivity index is 1.58. The second kappa shape index (κ2) is 11.4. The van der Waals surface area contributed by atoms with Crippen molar-refractivity contribution in [3.05, 3.63) is 29.8 Å². The molecule has 2 N–H and O–H groups in total. The summed E-state index contributed by atoms with van der Waals surface area (Å²) in [5.74, 6) is 0.831. The van der Waals surface area contributed by atoms with Crippen molar-refractivity contribution in [3.63, 3.8) is 0 Å². The highest BCUT2D eigenvalue weighted by Crippen LogP contribution is 2.15. The molecule has 0 bridgehead atoms. The summed E-state index contributed by atoms with van der Waals surface area (Å²) in [5, 5.41) is 6.33. The Morgan fingerprint density at radius 1 is 1.00 bits per heavy atom. The zero-order valence-electron chi connectivity index (χ0n) is 18.6. The quantitative estimate of drug-likeness (QED) is 0.554. The average Bonchev–Trinajstić information content (AvgIpc) is 3.32. The van der Waals surface area contributed by atoms with Crippen LogP contribution in [0, 0.1) is 0 Å². The van der Waals surface area contributed by atoms with Crippen molar-refractivity contribution in [2.45, 2.75) is 33.2 Å². The molecule has 2 aliphatic rings. The van der Waals surface area contributed by atoms with E-state index in [-0.39, 0.29) is 12.1 Å². The third kappa shape index (κ3) is 6.50. The summed E-state index contributed by atoms with van der Waals surface area (Å²) in [6.07, 6.45) is 1.89. The van der Waals surface area contributed by atoms with Crippen LogP contribution in [0.3, 0.4) is 0 Å². The zero-order chi connectivity index (χ0) is 22.1. The minimum absolute atomic E-state index is 0.0361. The Bertz CT molecular complexity index is 770. The van der Waals surface area contributed by atoms with Crippen LogP contribution in [0.15, 0.2) is 29.3 Å². The van der Waals surface area contributed by atoms with Crippen LogP contribution < -0.4 is 10.6 Å². The molecule has 2 heterocycles. The number of anilines is 1. The molecule has 1 aromatic rings. The lowest BCUT2D eigenvalue weighted by Gasteiger charge is -2.35. The Kier molecular flexibility index (Phi) is 8.37. The first-order chi connectivity index (χ1) is 15.1. The number of hydrogen-bond donors (Lipinski definition) is 2. The molecule has 2 saturated heterocycles. The number of urea groups is 1. The number of likely N-dealkylation sites (tertiary alicyclic amines) is 1. The number of carbonyl (C=O) groups excluding carboxylic acids is 2. The first-order valence-electron chi connectivity index (χ1n) is 11.2. The normalized spacial score (nSPS) is 17.0. The van der Waals surface area contributed by atoms with E-state index in [0.717, 1.165) is 49.7 Å². The van der Waals surface area contributed by atoms with Gasteiger partial charge >= 0.3 is 12.1 Å². The summed E-state index contributed by atoms with van der Waals surface area (Å²) >= 11 is 0. The lowest BCUT2D eigenvalue weighted by Crippen LogP contribution is -2.53. The molecule has 0 radical (unpaired) electrons. The number of ether oxygens (including phenoxy) is 1. The van der Waals surface area contributed by atoms with Crippen molar-refractivity contribution in [2.24, 2.45) is 4.99 Å². The Labute approximate surface area is 184 Å². The molecular formula is C22H34N6O3. The van der Waals surface area contributed by atoms with Crippen molar-refractivity contribution < 1.29 is 14.3 Å². The average molecular weight is 431 g/mol. The highest BCUT2D eigenvalue weighted by Gasteiger charge is 2.23. The third-order valence-electron chi connectivity index (χ3n) is 5.42. The highest BCUT2D eigenvalue weighted by atomic mass is 16.6. The SMILES string of the molecule is CCNC(=NCc1cccc(NC(=O)N2CCCC2)c1)N1CCN(C(=O)OCC)CC1. The number of aliphatic imine (C=N–C) groups is 1. The van der Waals surface area contributed by atoms with Crippen LogP contribution in [-0.4, -0.2) is 85.2 Å². The second-order valence-corrected chi connectivity index (χ2v) is 7.67. The summed E-state index contributed by atoms with van der Waals surface area (Å²) in [6.45, 7) is 9.81. The van der Waals surface area contributed by atoms with Gasteiger partial charge < -0.3 is 30.1 Å². The van der Waals surface area contributed by atoms with Crippen LogP contribution in [0.1, 0.15) is 32.3 Å². The molecule has 0 aromatic heterocycles. The molecule has 9 nitrogen and oxygen atoms in total. The standard InChI is InChI=1S/C22H34N6O3/c1-3-23-20(26-12-14-28(15-13-26)22(30)31-4-2)24-17-18-8-7-9-19(16-18)25-21(29)27-10-5-6-11-27/h7-9,16H,3-6,10-15,17H2,1-2H3,(H,23,24)(H,25,29). The second-order valence-electron chi connectivity index (χ2n) is 7.67. The van der Waals surface area contributed by atoms with E-state index in [4.69, 9.17) is 9.73 Å². The number of carbonyl (C=O) groups is 2. The van der Waals surface area contributed by atoms with Crippen molar-refractivity contribution >= 4 is 23.8 Å². The summed E-state index contributed by atoms with van der Waals surface area (Å²) in [6, 6.07) is 7.79. The van der Waals surface area contributed by atoms with Gasteiger partial charge in [0.05, 0.1) is 13.2 Å². The van der Waals surface area contributed by atoms with E-state index in [1.54, 1.807) is 4.90 Å². The van der Waals surface area contributed by atoms with E-state index in [9.17, 15) is 9.59 Å². The van der Waals surface area contributed by atoms with Gasteiger partial charge in [0.2, 0.25) is 0 Å². The molecule has 0 aliphatic carbocycles. The predicted octanol–water partition coefficient (Wildman–Crippen LogP) is 2.55. The van der Waals surface area contributed by atoms with Gasteiger partial charge in [-0.3, -0.25) is 0 Å². The van der Waals surface area contributed by atoms with Crippen molar-refractivity contribution in [3.8, 4) is 0 Å². The molecule has 0 unspecified atom stereocenters. The number of amides is 3. The molecule has 1 aromatic carbocycles. The van der Waals surface area contributed by atoms with Crippen LogP contribution in [-0.2, 0) is 11.3 Å². The fraction of sp³-hybridized carbons (Fsp3) is 0.591. The molecule has 0 atom stereocenters. The topological polar surface area (TPSA) is 89.5 Å². The largest absolute Gasteiger partial charge is 0.450 e. The van der Waals surface area contributed by atoms with Gasteiger partial charge in [0, 0.05) is 51.5 Å². The van der Waals surface area contributed by atoms with Crippen LogP contribution >= 0.6 is 0 Å². The lowest BCUT2D eigenvalue weighted by molar-refractivity contribution is 0.0914. The van der Waals surface area contributed by atoms with E-state index < -0.39 is 0 Å². The van der Waals surface area contributed by atoms with Gasteiger partial charge in [-0.15, -0.1) is 0 Å². The Morgan fingerprint density at radius 2 is 1.71 bits per heavy atom. The van der Waals surface area contributed by atoms with Gasteiger partial charge in [0.15, 0.2) is 5.96 Å². The Morgan fingerprint density at radius 3 is 2.39 bits per heavy atom. The monoisotopic (exact) mass is 430 g/mol. The van der Waals surface area contributed by atoms with Crippen LogP contribution in [0.4, 0.5) is 15.3 Å². The lowest BCUT2D eigenvalue weighted by atomic mass is 10.2. The predicted molar refractivity (Wildman–Crippen MR) is 121 cm³/mol. The van der Waals surface area contributed by atoms with Gasteiger partial charge in [-0.2, -0.15) is 0 Å². The maximum Gasteiger partial charge on any atom is 0.409 e. The van der Waals surface area contributed by atoms with E-state index in [1.165, 1.54) is 0 Å². The molecule has 3 amide bonds. The number of guanidine groups is 1. The van der Waals surface area contributed by atoms with Crippen molar-refractivity contribution in [2.75, 3.05) is 57.7 Å². The van der Waals surface area contributed by atoms with Crippen molar-refractivity contribution in [1.82, 2.24) is 20.0 Å². The summed E-state index contributed by atoms with van der Waals surface area (Å²) < 4.78 is 5.09. The summed E-state index contributed by atoms with van der Waals surface area (Å²) in [7, 11) is 0. The zero-order valence-corrected chi connectivity index (χ0v) is 18.6. The molecule has 9 heteroatoms. The molecule has 2 fully saturated rings. The number of nitrogens with zero attached hydrogens (tertiary/aromatic N) is 4. The fourth-order valence-electron chi connectivity index (χ4n) is 3.78. The molecule has 0 spiro atoms. The van der Waals surface area contributed by atoms with Gasteiger partial charge in [0.1, 0.15) is 0 Å². The van der Waals surface area contributed by atoms with E-state index >= 15 is 0 Å². The molecule has 31 heavy (non-hydrogen) atoms. The maximum absolute atomic E-state index is 12.3. The Hall–Kier alpha value is -2.97. The number of piperazine rings is 1. The van der Waals surface area contributed by atoms with Crippen LogP contribution in [0.5, 0.6) is 0 Å². The molecule has 170 valence electrons. The minimum Gasteiger partial charge on any atom is -0.450 e. The minimum atomic E-state index is -0.253. The fourth-order valence-corrected chi connectivity index (χ4v) is 3.78. The molecule has 2 aliphatic heterocycles. The van der Waals surface area contributed by atoms with Crippen LogP contribution in [0.2, 0.25) is 0 Å². The highest BCUT2D eigenvalue weighted by molar-refractivity contribution is 5.89. The first-order valence-corrected chi connectivity index (χ1v) is 11.2. The van der Waals surface area contributed by atoms with E-state index in [1.807, 2.05) is 43.0 Å². The number of rotatable bonds is 5. The summed E-state index contributed by atoms with van der Waals surface area (Å²) in [5.41, 5.74) is 1.82. The smallest absolute Gasteiger partial charge is 0.409 e. The number of nitrogens with one attached hydrogen (secondary N) is 2. The van der Waals surface area contributed by atoms with Gasteiger partial charge in [-0.1, -0.05) is 12.1 Å². The van der Waals surface area contributed by atoms with Gasteiger partial charge in [0.25, 0.3) is 0 Å². The number of benzene rings is 1. The van der Waals surface area contributed by atoms with Gasteiger partial charge in [-0.05, 0) is 44.4 Å². The van der Waals surface area contributed by atoms with Gasteiger partial charge in [-0.25, -0.2) is 14.6 Å². The van der Waals surface area contributed by atoms with E-state index in [2.05, 4.69) is 15.5 Å². The van der Waals surface area contributed by atoms with Crippen molar-refractivity contribution in [1.29, 1.82) is 0 Å². The van der Waals surface area contributed by atoms with E-state index in [0.29, 0.717) is 39.3 Å².